The van der Waals surface area contributed by atoms with Gasteiger partial charge in [0.1, 0.15) is 0 Å². The first-order chi connectivity index (χ1) is 8.79. The van der Waals surface area contributed by atoms with Gasteiger partial charge in [-0.2, -0.15) is 0 Å². The van der Waals surface area contributed by atoms with Crippen LogP contribution in [0.2, 0.25) is 0 Å². The van der Waals surface area contributed by atoms with Crippen molar-refractivity contribution in [3.8, 4) is 0 Å². The molecule has 1 unspecified atom stereocenters. The molecular formula is C14H25N3O. The van der Waals surface area contributed by atoms with Crippen LogP contribution in [-0.2, 0) is 0 Å². The molecule has 102 valence electrons. The molecule has 18 heavy (non-hydrogen) atoms. The number of carbonyl (C=O) groups is 1. The van der Waals surface area contributed by atoms with Gasteiger partial charge in [-0.3, -0.25) is 0 Å². The number of amides is 2. The Morgan fingerprint density at radius 2 is 2.11 bits per heavy atom. The third kappa shape index (κ3) is 2.35. The summed E-state index contributed by atoms with van der Waals surface area (Å²) in [7, 11) is 0. The molecule has 0 bridgehead atoms. The fourth-order valence-corrected chi connectivity index (χ4v) is 3.62. The summed E-state index contributed by atoms with van der Waals surface area (Å²) in [5.41, 5.74) is 5.70. The van der Waals surface area contributed by atoms with Gasteiger partial charge in [0.2, 0.25) is 0 Å². The smallest absolute Gasteiger partial charge is 0.317 e. The molecule has 4 heteroatoms. The van der Waals surface area contributed by atoms with Gasteiger partial charge in [-0.15, -0.1) is 0 Å². The maximum atomic E-state index is 12.1. The van der Waals surface area contributed by atoms with Crippen LogP contribution < -0.4 is 11.1 Å². The highest BCUT2D eigenvalue weighted by Gasteiger charge is 2.44. The summed E-state index contributed by atoms with van der Waals surface area (Å²) in [4.78, 5) is 14.0. The highest BCUT2D eigenvalue weighted by atomic mass is 16.2. The molecule has 0 aromatic carbocycles. The molecule has 3 aliphatic rings. The fourth-order valence-electron chi connectivity index (χ4n) is 3.62. The molecule has 4 nitrogen and oxygen atoms in total. The van der Waals surface area contributed by atoms with E-state index in [2.05, 4.69) is 5.32 Å². The van der Waals surface area contributed by atoms with Crippen molar-refractivity contribution in [2.75, 3.05) is 19.6 Å². The van der Waals surface area contributed by atoms with Gasteiger partial charge in [-0.1, -0.05) is 19.3 Å². The molecule has 0 spiro atoms. The Hall–Kier alpha value is -0.770. The SMILES string of the molecule is NCC1CCCN1C(=O)NC[C@@H]1C[C@H]1C1CCC1. The van der Waals surface area contributed by atoms with Crippen LogP contribution in [0.1, 0.15) is 38.5 Å². The summed E-state index contributed by atoms with van der Waals surface area (Å²) in [5, 5.41) is 3.12. The van der Waals surface area contributed by atoms with Gasteiger partial charge in [0, 0.05) is 25.7 Å². The molecule has 1 heterocycles. The molecular weight excluding hydrogens is 226 g/mol. The number of likely N-dealkylation sites (tertiary alicyclic amines) is 1. The van der Waals surface area contributed by atoms with E-state index in [1.165, 1.54) is 25.7 Å². The molecule has 0 aromatic heterocycles. The monoisotopic (exact) mass is 251 g/mol. The van der Waals surface area contributed by atoms with Gasteiger partial charge in [-0.05, 0) is 37.0 Å². The van der Waals surface area contributed by atoms with E-state index in [1.807, 2.05) is 4.90 Å². The Balaban J connectivity index is 1.39. The quantitative estimate of drug-likeness (QED) is 0.796. The average molecular weight is 251 g/mol. The lowest BCUT2D eigenvalue weighted by atomic mass is 9.81. The Morgan fingerprint density at radius 1 is 1.28 bits per heavy atom. The van der Waals surface area contributed by atoms with Gasteiger partial charge in [-0.25, -0.2) is 4.79 Å². The van der Waals surface area contributed by atoms with E-state index in [0.717, 1.165) is 43.7 Å². The van der Waals surface area contributed by atoms with E-state index in [1.54, 1.807) is 0 Å². The average Bonchev–Trinajstić information content (AvgIpc) is 2.89. The number of hydrogen-bond donors (Lipinski definition) is 2. The number of urea groups is 1. The van der Waals surface area contributed by atoms with E-state index in [9.17, 15) is 4.79 Å². The second-order valence-corrected chi connectivity index (χ2v) is 6.26. The van der Waals surface area contributed by atoms with Crippen LogP contribution in [0.4, 0.5) is 4.79 Å². The van der Waals surface area contributed by atoms with Crippen molar-refractivity contribution in [2.24, 2.45) is 23.5 Å². The summed E-state index contributed by atoms with van der Waals surface area (Å²) in [5.74, 6) is 2.66. The zero-order valence-corrected chi connectivity index (χ0v) is 11.1. The Kier molecular flexibility index (Phi) is 3.46. The number of rotatable bonds is 4. The van der Waals surface area contributed by atoms with Crippen molar-refractivity contribution in [1.29, 1.82) is 0 Å². The van der Waals surface area contributed by atoms with E-state index in [4.69, 9.17) is 5.73 Å². The molecule has 3 N–H and O–H groups in total. The maximum absolute atomic E-state index is 12.1. The summed E-state index contributed by atoms with van der Waals surface area (Å²) in [6.07, 6.45) is 7.78. The highest BCUT2D eigenvalue weighted by Crippen LogP contribution is 2.51. The summed E-state index contributed by atoms with van der Waals surface area (Å²) >= 11 is 0. The zero-order chi connectivity index (χ0) is 12.5. The van der Waals surface area contributed by atoms with Crippen LogP contribution in [0.5, 0.6) is 0 Å². The van der Waals surface area contributed by atoms with Crippen molar-refractivity contribution in [3.63, 3.8) is 0 Å². The van der Waals surface area contributed by atoms with Crippen molar-refractivity contribution in [1.82, 2.24) is 10.2 Å². The molecule has 3 fully saturated rings. The van der Waals surface area contributed by atoms with Gasteiger partial charge >= 0.3 is 6.03 Å². The molecule has 2 amide bonds. The third-order valence-corrected chi connectivity index (χ3v) is 5.16. The van der Waals surface area contributed by atoms with Gasteiger partial charge < -0.3 is 16.0 Å². The van der Waals surface area contributed by atoms with E-state index < -0.39 is 0 Å². The first-order valence-corrected chi connectivity index (χ1v) is 7.54. The predicted octanol–water partition coefficient (Wildman–Crippen LogP) is 1.56. The number of nitrogens with two attached hydrogens (primary N) is 1. The van der Waals surface area contributed by atoms with Crippen molar-refractivity contribution >= 4 is 6.03 Å². The minimum absolute atomic E-state index is 0.113. The summed E-state index contributed by atoms with van der Waals surface area (Å²) in [6.45, 7) is 2.36. The highest BCUT2D eigenvalue weighted by molar-refractivity contribution is 5.74. The lowest BCUT2D eigenvalue weighted by Gasteiger charge is -2.26. The molecule has 0 aromatic rings. The lowest BCUT2D eigenvalue weighted by Crippen LogP contribution is -2.46. The Morgan fingerprint density at radius 3 is 2.78 bits per heavy atom. The van der Waals surface area contributed by atoms with Crippen molar-refractivity contribution < 1.29 is 4.79 Å². The van der Waals surface area contributed by atoms with Gasteiger partial charge in [0.25, 0.3) is 0 Å². The largest absolute Gasteiger partial charge is 0.338 e. The Labute approximate surface area is 109 Å². The van der Waals surface area contributed by atoms with E-state index in [0.29, 0.717) is 6.54 Å². The first-order valence-electron chi connectivity index (χ1n) is 7.54. The Bertz CT molecular complexity index is 316. The van der Waals surface area contributed by atoms with Gasteiger partial charge in [0.05, 0.1) is 0 Å². The number of hydrogen-bond acceptors (Lipinski definition) is 2. The van der Waals surface area contributed by atoms with Crippen molar-refractivity contribution in [2.45, 2.75) is 44.6 Å². The molecule has 1 saturated heterocycles. The summed E-state index contributed by atoms with van der Waals surface area (Å²) in [6, 6.07) is 0.383. The van der Waals surface area contributed by atoms with Crippen LogP contribution in [-0.4, -0.2) is 36.6 Å². The lowest BCUT2D eigenvalue weighted by molar-refractivity contribution is 0.192. The van der Waals surface area contributed by atoms with E-state index >= 15 is 0 Å². The third-order valence-electron chi connectivity index (χ3n) is 5.16. The van der Waals surface area contributed by atoms with Crippen LogP contribution >= 0.6 is 0 Å². The van der Waals surface area contributed by atoms with E-state index in [-0.39, 0.29) is 12.1 Å². The molecule has 2 aliphatic carbocycles. The molecule has 2 saturated carbocycles. The molecule has 3 atom stereocenters. The predicted molar refractivity (Wildman–Crippen MR) is 71.1 cm³/mol. The van der Waals surface area contributed by atoms with Crippen LogP contribution in [0, 0.1) is 17.8 Å². The van der Waals surface area contributed by atoms with Gasteiger partial charge in [0.15, 0.2) is 0 Å². The zero-order valence-electron chi connectivity index (χ0n) is 11.1. The number of carbonyl (C=O) groups excluding carboxylic acids is 1. The second kappa shape index (κ2) is 5.08. The molecule has 1 aliphatic heterocycles. The summed E-state index contributed by atoms with van der Waals surface area (Å²) < 4.78 is 0. The topological polar surface area (TPSA) is 58.4 Å². The number of nitrogens with one attached hydrogen (secondary N) is 1. The molecule has 3 rings (SSSR count). The van der Waals surface area contributed by atoms with Crippen LogP contribution in [0.15, 0.2) is 0 Å². The minimum atomic E-state index is 0.113. The maximum Gasteiger partial charge on any atom is 0.317 e. The minimum Gasteiger partial charge on any atom is -0.338 e. The standard InChI is InChI=1S/C14H25N3O/c15-8-12-5-2-6-17(12)14(18)16-9-11-7-13(11)10-3-1-4-10/h10-13H,1-9,15H2,(H,16,18)/t11-,12?,13-/m0/s1. The normalized spacial score (nSPS) is 35.4. The van der Waals surface area contributed by atoms with Crippen molar-refractivity contribution in [3.05, 3.63) is 0 Å². The molecule has 0 radical (unpaired) electrons. The first kappa shape index (κ1) is 12.3. The number of nitrogens with zero attached hydrogens (tertiary/aromatic N) is 1. The van der Waals surface area contributed by atoms with Crippen LogP contribution in [0.25, 0.3) is 0 Å². The fraction of sp³-hybridized carbons (Fsp3) is 0.929. The second-order valence-electron chi connectivity index (χ2n) is 6.26. The van der Waals surface area contributed by atoms with Crippen LogP contribution in [0.3, 0.4) is 0 Å².